The Morgan fingerprint density at radius 3 is 2.40 bits per heavy atom. The van der Waals surface area contributed by atoms with Gasteiger partial charge in [-0.3, -0.25) is 9.35 Å². The molecule has 6 heteroatoms. The molecule has 60 valence electrons. The Labute approximate surface area is 63.1 Å². The summed E-state index contributed by atoms with van der Waals surface area (Å²) >= 11 is 0. The molecule has 0 saturated heterocycles. The monoisotopic (exact) mass is 184 g/mol. The third-order valence-corrected chi connectivity index (χ3v) is 2.75. The van der Waals surface area contributed by atoms with Crippen LogP contribution in [0.1, 0.15) is 13.3 Å². The van der Waals surface area contributed by atoms with Crippen LogP contribution < -0.4 is 0 Å². The Bertz CT molecular complexity index is 205. The molecule has 10 heavy (non-hydrogen) atoms. The van der Waals surface area contributed by atoms with E-state index < -0.39 is 9.15 Å². The third-order valence-electron chi connectivity index (χ3n) is 0.763. The summed E-state index contributed by atoms with van der Waals surface area (Å²) < 4.78 is 28.2. The van der Waals surface area contributed by atoms with Crippen LogP contribution in [0.2, 0.25) is 0 Å². The van der Waals surface area contributed by atoms with Gasteiger partial charge < -0.3 is 0 Å². The highest BCUT2D eigenvalue weighted by Gasteiger charge is 2.07. The van der Waals surface area contributed by atoms with Crippen LogP contribution in [-0.4, -0.2) is 24.5 Å². The zero-order valence-corrected chi connectivity index (χ0v) is 7.04. The van der Waals surface area contributed by atoms with Crippen LogP contribution in [0.25, 0.3) is 0 Å². The predicted octanol–water partition coefficient (Wildman–Crippen LogP) is 0.502. The average molecular weight is 184 g/mol. The van der Waals surface area contributed by atoms with E-state index in [-0.39, 0.29) is 22.3 Å². The highest BCUT2D eigenvalue weighted by molar-refractivity contribution is 8.70. The lowest BCUT2D eigenvalue weighted by molar-refractivity contribution is -0.116. The van der Waals surface area contributed by atoms with E-state index in [1.165, 1.54) is 0 Å². The van der Waals surface area contributed by atoms with Crippen LogP contribution in [0.15, 0.2) is 0 Å². The molecule has 0 spiro atoms. The Morgan fingerprint density at radius 1 is 1.60 bits per heavy atom. The molecule has 0 heterocycles. The van der Waals surface area contributed by atoms with Gasteiger partial charge in [-0.05, 0) is 0 Å². The van der Waals surface area contributed by atoms with Gasteiger partial charge in [0.25, 0.3) is 0 Å². The van der Waals surface area contributed by atoms with E-state index in [0.29, 0.717) is 6.42 Å². The van der Waals surface area contributed by atoms with Crippen molar-refractivity contribution >= 4 is 25.7 Å². The fourth-order valence-electron chi connectivity index (χ4n) is 0.242. The minimum atomic E-state index is -4.03. The van der Waals surface area contributed by atoms with Gasteiger partial charge in [-0.25, -0.2) is 0 Å². The largest absolute Gasteiger partial charge is 0.320 e. The average Bonchev–Trinajstić information content (AvgIpc) is 1.81. The van der Waals surface area contributed by atoms with Crippen LogP contribution in [0, 0.1) is 0 Å². The molecular weight excluding hydrogens is 176 g/mol. The van der Waals surface area contributed by atoms with Crippen molar-refractivity contribution in [3.8, 4) is 0 Å². The second-order valence-electron chi connectivity index (χ2n) is 1.58. The van der Waals surface area contributed by atoms with Crippen molar-refractivity contribution in [1.82, 2.24) is 0 Å². The molecule has 0 aromatic heterocycles. The number of rotatable bonds is 4. The van der Waals surface area contributed by atoms with Gasteiger partial charge >= 0.3 is 9.15 Å². The lowest BCUT2D eigenvalue weighted by Gasteiger charge is -1.92. The Balaban J connectivity index is 3.67. The minimum Gasteiger partial charge on any atom is -0.299 e. The van der Waals surface area contributed by atoms with Gasteiger partial charge in [0.05, 0.1) is 5.75 Å². The summed E-state index contributed by atoms with van der Waals surface area (Å²) in [6, 6.07) is 0. The summed E-state index contributed by atoms with van der Waals surface area (Å²) in [6.07, 6.45) is 0.294. The van der Waals surface area contributed by atoms with E-state index in [2.05, 4.69) is 0 Å². The number of hydrogen-bond acceptors (Lipinski definition) is 4. The summed E-state index contributed by atoms with van der Waals surface area (Å²) in [5.41, 5.74) is 0. The quantitative estimate of drug-likeness (QED) is 0.509. The molecule has 0 aliphatic heterocycles. The molecule has 0 atom stereocenters. The molecule has 0 bridgehead atoms. The summed E-state index contributed by atoms with van der Waals surface area (Å²) in [5.74, 6) is -0.363. The first-order valence-corrected chi connectivity index (χ1v) is 5.53. The van der Waals surface area contributed by atoms with Crippen molar-refractivity contribution in [2.75, 3.05) is 5.75 Å². The predicted molar refractivity (Wildman–Crippen MR) is 39.3 cm³/mol. The molecule has 0 aromatic carbocycles. The first-order valence-electron chi connectivity index (χ1n) is 2.59. The van der Waals surface area contributed by atoms with Crippen LogP contribution in [0.3, 0.4) is 0 Å². The van der Waals surface area contributed by atoms with Crippen molar-refractivity contribution in [1.29, 1.82) is 0 Å². The summed E-state index contributed by atoms with van der Waals surface area (Å²) in [4.78, 5) is 10.5. The van der Waals surface area contributed by atoms with E-state index in [0.717, 1.165) is 0 Å². The van der Waals surface area contributed by atoms with Crippen molar-refractivity contribution in [3.05, 3.63) is 0 Å². The maximum absolute atomic E-state index is 10.5. The molecule has 0 aromatic rings. The molecule has 1 N–H and O–H groups in total. The molecule has 0 aliphatic carbocycles. The topological polar surface area (TPSA) is 71.4 Å². The van der Waals surface area contributed by atoms with E-state index in [1.807, 2.05) is 0 Å². The van der Waals surface area contributed by atoms with Crippen LogP contribution in [-0.2, 0) is 13.9 Å². The van der Waals surface area contributed by atoms with Gasteiger partial charge in [-0.1, -0.05) is 6.92 Å². The molecule has 0 unspecified atom stereocenters. The van der Waals surface area contributed by atoms with Gasteiger partial charge in [0.15, 0.2) is 0 Å². The number of carbonyl (C=O) groups is 1. The highest BCUT2D eigenvalue weighted by atomic mass is 33.1. The fourth-order valence-corrected chi connectivity index (χ4v) is 1.57. The van der Waals surface area contributed by atoms with Crippen molar-refractivity contribution in [2.45, 2.75) is 13.3 Å². The number of ketones is 1. The van der Waals surface area contributed by atoms with Gasteiger partial charge in [0.1, 0.15) is 5.78 Å². The first-order chi connectivity index (χ1) is 4.45. The molecular formula is C4H8O4S2. The van der Waals surface area contributed by atoms with Gasteiger partial charge in [-0.15, -0.1) is 0 Å². The lowest BCUT2D eigenvalue weighted by atomic mass is 10.4. The smallest absolute Gasteiger partial charge is 0.299 e. The van der Waals surface area contributed by atoms with Gasteiger partial charge in [0, 0.05) is 17.2 Å². The Hall–Kier alpha value is -0.0700. The standard InChI is InChI=1S/C4H8O4S2/c1-2-4(5)3-9-10(6,7)8/h2-3H2,1H3,(H,6,7,8). The van der Waals surface area contributed by atoms with E-state index in [4.69, 9.17) is 4.55 Å². The first kappa shape index (κ1) is 9.93. The van der Waals surface area contributed by atoms with Crippen molar-refractivity contribution in [3.63, 3.8) is 0 Å². The maximum atomic E-state index is 10.5. The summed E-state index contributed by atoms with van der Waals surface area (Å²) in [7, 11) is -3.79. The molecule has 0 aliphatic rings. The van der Waals surface area contributed by atoms with Crippen LogP contribution in [0.5, 0.6) is 0 Å². The van der Waals surface area contributed by atoms with Crippen molar-refractivity contribution < 1.29 is 17.8 Å². The Morgan fingerprint density at radius 2 is 2.10 bits per heavy atom. The molecule has 4 nitrogen and oxygen atoms in total. The number of carbonyl (C=O) groups excluding carboxylic acids is 1. The van der Waals surface area contributed by atoms with E-state index in [1.54, 1.807) is 6.92 Å². The zero-order valence-electron chi connectivity index (χ0n) is 5.40. The molecule has 0 radical (unpaired) electrons. The normalized spacial score (nSPS) is 11.4. The van der Waals surface area contributed by atoms with Crippen LogP contribution in [0.4, 0.5) is 0 Å². The second-order valence-corrected chi connectivity index (χ2v) is 4.93. The third kappa shape index (κ3) is 6.06. The minimum absolute atomic E-state index is 0.171. The molecule has 0 fully saturated rings. The Kier molecular flexibility index (Phi) is 3.92. The molecule has 0 rings (SSSR count). The van der Waals surface area contributed by atoms with Crippen LogP contribution >= 0.6 is 10.8 Å². The second kappa shape index (κ2) is 3.95. The highest BCUT2D eigenvalue weighted by Crippen LogP contribution is 2.08. The van der Waals surface area contributed by atoms with Gasteiger partial charge in [0.2, 0.25) is 0 Å². The fraction of sp³-hybridized carbons (Fsp3) is 0.750. The van der Waals surface area contributed by atoms with E-state index in [9.17, 15) is 13.2 Å². The van der Waals surface area contributed by atoms with Gasteiger partial charge in [-0.2, -0.15) is 8.42 Å². The van der Waals surface area contributed by atoms with E-state index >= 15 is 0 Å². The van der Waals surface area contributed by atoms with Crippen molar-refractivity contribution in [2.24, 2.45) is 0 Å². The SMILES string of the molecule is CCC(=O)CSS(=O)(=O)O. The number of Topliss-reactive ketones (excluding diaryl/α,β-unsaturated/α-hetero) is 1. The zero-order chi connectivity index (χ0) is 8.20. The summed E-state index contributed by atoms with van der Waals surface area (Å²) in [5, 5.41) is 0. The molecule has 0 saturated carbocycles. The summed E-state index contributed by atoms with van der Waals surface area (Å²) in [6.45, 7) is 1.63. The maximum Gasteiger partial charge on any atom is 0.320 e. The molecule has 0 amide bonds. The number of hydrogen-bond donors (Lipinski definition) is 1. The lowest BCUT2D eigenvalue weighted by Crippen LogP contribution is -2.02.